The van der Waals surface area contributed by atoms with Gasteiger partial charge in [0.2, 0.25) is 0 Å². The average molecular weight is 488 g/mol. The van der Waals surface area contributed by atoms with E-state index in [1.54, 1.807) is 31.4 Å². The van der Waals surface area contributed by atoms with Crippen LogP contribution in [0.25, 0.3) is 5.76 Å². The second-order valence-corrected chi connectivity index (χ2v) is 8.18. The van der Waals surface area contributed by atoms with Gasteiger partial charge in [0.15, 0.2) is 0 Å². The number of ketones is 1. The molecule has 1 atom stereocenters. The first-order valence-corrected chi connectivity index (χ1v) is 11.0. The number of nitrogens with zero attached hydrogens (tertiary/aromatic N) is 1. The molecule has 2 aromatic rings. The molecule has 1 N–H and O–H groups in total. The van der Waals surface area contributed by atoms with E-state index in [-0.39, 0.29) is 11.3 Å². The minimum atomic E-state index is -0.703. The molecule has 3 rings (SSSR count). The molecule has 31 heavy (non-hydrogen) atoms. The van der Waals surface area contributed by atoms with Gasteiger partial charge in [-0.3, -0.25) is 9.59 Å². The summed E-state index contributed by atoms with van der Waals surface area (Å²) in [6.07, 6.45) is 1.44. The second kappa shape index (κ2) is 10.6. The SMILES string of the molecule is CCCOc1cccc(C2/C(=C(/O)c3ccc(Br)cc3)C(=O)C(=O)N2CCCOC)c1. The van der Waals surface area contributed by atoms with Gasteiger partial charge in [0, 0.05) is 30.3 Å². The molecular formula is C24H26BrNO5. The first-order chi connectivity index (χ1) is 15.0. The zero-order chi connectivity index (χ0) is 22.4. The summed E-state index contributed by atoms with van der Waals surface area (Å²) in [6.45, 7) is 3.38. The number of carbonyl (C=O) groups is 2. The molecule has 1 saturated heterocycles. The van der Waals surface area contributed by atoms with E-state index in [9.17, 15) is 14.7 Å². The number of aliphatic hydroxyl groups is 1. The van der Waals surface area contributed by atoms with Crippen molar-refractivity contribution in [1.29, 1.82) is 0 Å². The van der Waals surface area contributed by atoms with Crippen LogP contribution in [-0.2, 0) is 14.3 Å². The number of methoxy groups -OCH3 is 1. The van der Waals surface area contributed by atoms with E-state index in [4.69, 9.17) is 9.47 Å². The maximum Gasteiger partial charge on any atom is 0.295 e. The molecule has 0 saturated carbocycles. The Bertz CT molecular complexity index is 970. The van der Waals surface area contributed by atoms with Gasteiger partial charge in [-0.2, -0.15) is 0 Å². The molecule has 1 heterocycles. The number of hydrogen-bond acceptors (Lipinski definition) is 5. The number of amides is 1. The summed E-state index contributed by atoms with van der Waals surface area (Å²) < 4.78 is 11.7. The standard InChI is InChI=1S/C24H26BrNO5/c1-3-13-31-19-7-4-6-17(15-19)21-20(22(27)16-8-10-18(25)11-9-16)23(28)24(29)26(21)12-5-14-30-2/h4,6-11,15,21,27H,3,5,12-14H2,1-2H3/b22-20-. The number of ether oxygens (including phenoxy) is 2. The van der Waals surface area contributed by atoms with Gasteiger partial charge in [0.1, 0.15) is 11.5 Å². The molecule has 1 aliphatic heterocycles. The molecule has 7 heteroatoms. The molecular weight excluding hydrogens is 462 g/mol. The van der Waals surface area contributed by atoms with Crippen LogP contribution >= 0.6 is 15.9 Å². The lowest BCUT2D eigenvalue weighted by molar-refractivity contribution is -0.140. The van der Waals surface area contributed by atoms with Gasteiger partial charge >= 0.3 is 0 Å². The van der Waals surface area contributed by atoms with Gasteiger partial charge in [-0.15, -0.1) is 0 Å². The highest BCUT2D eigenvalue weighted by Crippen LogP contribution is 2.40. The summed E-state index contributed by atoms with van der Waals surface area (Å²) in [6, 6.07) is 13.6. The third-order valence-electron chi connectivity index (χ3n) is 5.05. The maximum absolute atomic E-state index is 13.0. The lowest BCUT2D eigenvalue weighted by Crippen LogP contribution is -2.31. The molecule has 1 amide bonds. The van der Waals surface area contributed by atoms with Crippen molar-refractivity contribution in [3.63, 3.8) is 0 Å². The van der Waals surface area contributed by atoms with Gasteiger partial charge < -0.3 is 19.5 Å². The van der Waals surface area contributed by atoms with E-state index in [1.165, 1.54) is 4.90 Å². The number of rotatable bonds is 9. The molecule has 0 bridgehead atoms. The molecule has 1 unspecified atom stereocenters. The number of aliphatic hydroxyl groups excluding tert-OH is 1. The van der Waals surface area contributed by atoms with Crippen molar-refractivity contribution in [1.82, 2.24) is 4.90 Å². The first-order valence-electron chi connectivity index (χ1n) is 10.2. The fourth-order valence-electron chi connectivity index (χ4n) is 3.59. The molecule has 1 fully saturated rings. The van der Waals surface area contributed by atoms with E-state index in [1.807, 2.05) is 31.2 Å². The Labute approximate surface area is 190 Å². The quantitative estimate of drug-likeness (QED) is 0.240. The van der Waals surface area contributed by atoms with Gasteiger partial charge in [0.05, 0.1) is 18.2 Å². The van der Waals surface area contributed by atoms with Crippen molar-refractivity contribution in [2.45, 2.75) is 25.8 Å². The molecule has 6 nitrogen and oxygen atoms in total. The Morgan fingerprint density at radius 1 is 1.13 bits per heavy atom. The number of Topliss-reactive ketones (excluding diaryl/α,β-unsaturated/α-hetero) is 1. The Morgan fingerprint density at radius 3 is 2.55 bits per heavy atom. The highest BCUT2D eigenvalue weighted by Gasteiger charge is 2.45. The molecule has 1 aliphatic rings. The van der Waals surface area contributed by atoms with Gasteiger partial charge in [-0.05, 0) is 42.7 Å². The smallest absolute Gasteiger partial charge is 0.295 e. The number of halogens is 1. The third-order valence-corrected chi connectivity index (χ3v) is 5.58. The summed E-state index contributed by atoms with van der Waals surface area (Å²) in [7, 11) is 1.59. The van der Waals surface area contributed by atoms with Crippen molar-refractivity contribution in [3.05, 3.63) is 69.7 Å². The third kappa shape index (κ3) is 5.17. The highest BCUT2D eigenvalue weighted by atomic mass is 79.9. The van der Waals surface area contributed by atoms with Crippen molar-refractivity contribution in [2.24, 2.45) is 0 Å². The second-order valence-electron chi connectivity index (χ2n) is 7.27. The molecule has 164 valence electrons. The zero-order valence-electron chi connectivity index (χ0n) is 17.6. The van der Waals surface area contributed by atoms with Crippen molar-refractivity contribution >= 4 is 33.4 Å². The van der Waals surface area contributed by atoms with Crippen LogP contribution in [0.15, 0.2) is 58.6 Å². The highest BCUT2D eigenvalue weighted by molar-refractivity contribution is 9.10. The topological polar surface area (TPSA) is 76.1 Å². The van der Waals surface area contributed by atoms with Gasteiger partial charge in [-0.25, -0.2) is 0 Å². The van der Waals surface area contributed by atoms with Crippen LogP contribution in [0.2, 0.25) is 0 Å². The molecule has 0 aliphatic carbocycles. The van der Waals surface area contributed by atoms with Crippen molar-refractivity contribution in [2.75, 3.05) is 26.9 Å². The van der Waals surface area contributed by atoms with Gasteiger partial charge in [0.25, 0.3) is 11.7 Å². The molecule has 0 aromatic heterocycles. The fourth-order valence-corrected chi connectivity index (χ4v) is 3.86. The molecule has 2 aromatic carbocycles. The molecule has 0 radical (unpaired) electrons. The van der Waals surface area contributed by atoms with E-state index in [2.05, 4.69) is 15.9 Å². The number of likely N-dealkylation sites (tertiary alicyclic amines) is 1. The lowest BCUT2D eigenvalue weighted by atomic mass is 9.95. The number of hydrogen-bond donors (Lipinski definition) is 1. The van der Waals surface area contributed by atoms with Crippen LogP contribution in [0, 0.1) is 0 Å². The Balaban J connectivity index is 2.09. The largest absolute Gasteiger partial charge is 0.507 e. The van der Waals surface area contributed by atoms with Crippen LogP contribution in [0.3, 0.4) is 0 Å². The van der Waals surface area contributed by atoms with E-state index >= 15 is 0 Å². The minimum Gasteiger partial charge on any atom is -0.507 e. The maximum atomic E-state index is 13.0. The summed E-state index contributed by atoms with van der Waals surface area (Å²) in [5.41, 5.74) is 1.27. The predicted molar refractivity (Wildman–Crippen MR) is 122 cm³/mol. The van der Waals surface area contributed by atoms with Crippen molar-refractivity contribution < 1.29 is 24.2 Å². The van der Waals surface area contributed by atoms with Crippen molar-refractivity contribution in [3.8, 4) is 5.75 Å². The summed E-state index contributed by atoms with van der Waals surface area (Å²) in [4.78, 5) is 27.4. The summed E-state index contributed by atoms with van der Waals surface area (Å²) in [5, 5.41) is 11.0. The van der Waals surface area contributed by atoms with E-state index in [0.717, 1.165) is 10.9 Å². The summed E-state index contributed by atoms with van der Waals surface area (Å²) in [5.74, 6) is -0.849. The monoisotopic (exact) mass is 487 g/mol. The Kier molecular flexibility index (Phi) is 7.87. The van der Waals surface area contributed by atoms with E-state index < -0.39 is 17.7 Å². The van der Waals surface area contributed by atoms with Crippen LogP contribution in [0.1, 0.15) is 36.9 Å². The average Bonchev–Trinajstić information content (AvgIpc) is 3.03. The number of benzene rings is 2. The van der Waals surface area contributed by atoms with Crippen LogP contribution in [-0.4, -0.2) is 48.6 Å². The first kappa shape index (κ1) is 23.0. The van der Waals surface area contributed by atoms with Gasteiger partial charge in [-0.1, -0.05) is 47.1 Å². The lowest BCUT2D eigenvalue weighted by Gasteiger charge is -2.25. The Morgan fingerprint density at radius 2 is 1.87 bits per heavy atom. The van der Waals surface area contributed by atoms with E-state index in [0.29, 0.717) is 43.1 Å². The normalized spacial score (nSPS) is 17.9. The fraction of sp³-hybridized carbons (Fsp3) is 0.333. The zero-order valence-corrected chi connectivity index (χ0v) is 19.2. The summed E-state index contributed by atoms with van der Waals surface area (Å²) >= 11 is 3.37. The molecule has 0 spiro atoms. The van der Waals surface area contributed by atoms with Crippen LogP contribution in [0.5, 0.6) is 5.75 Å². The van der Waals surface area contributed by atoms with Crippen LogP contribution in [0.4, 0.5) is 0 Å². The predicted octanol–water partition coefficient (Wildman–Crippen LogP) is 4.70. The minimum absolute atomic E-state index is 0.0809. The number of carbonyl (C=O) groups excluding carboxylic acids is 2. The Hall–Kier alpha value is -2.64. The van der Waals surface area contributed by atoms with Crippen LogP contribution < -0.4 is 4.74 Å².